The Kier molecular flexibility index (Phi) is 1.91. The molecule has 0 spiro atoms. The van der Waals surface area contributed by atoms with Gasteiger partial charge in [0.25, 0.3) is 0 Å². The lowest BCUT2D eigenvalue weighted by atomic mass is 10.5. The Labute approximate surface area is 62.7 Å². The third-order valence-electron chi connectivity index (χ3n) is 1.12. The van der Waals surface area contributed by atoms with Crippen molar-refractivity contribution < 1.29 is 5.21 Å². The lowest BCUT2D eigenvalue weighted by molar-refractivity contribution is 0.320. The highest BCUT2D eigenvalue weighted by Gasteiger charge is 2.03. The van der Waals surface area contributed by atoms with Crippen molar-refractivity contribution in [2.45, 2.75) is 0 Å². The van der Waals surface area contributed by atoms with Crippen LogP contribution in [0.3, 0.4) is 0 Å². The number of hydrogen-bond donors (Lipinski definition) is 1. The predicted octanol–water partition coefficient (Wildman–Crippen LogP) is 0.795. The highest BCUT2D eigenvalue weighted by molar-refractivity contribution is 6.69. The summed E-state index contributed by atoms with van der Waals surface area (Å²) in [5.41, 5.74) is 0.587. The van der Waals surface area contributed by atoms with Gasteiger partial charge in [0.1, 0.15) is 5.69 Å². The SMILES string of the molecule is Cn1cncc1C(Cl)=NO. The molecule has 0 saturated heterocycles. The monoisotopic (exact) mass is 159 g/mol. The summed E-state index contributed by atoms with van der Waals surface area (Å²) in [6, 6.07) is 0. The second-order valence-electron chi connectivity index (χ2n) is 1.78. The van der Waals surface area contributed by atoms with Gasteiger partial charge in [-0.25, -0.2) is 4.98 Å². The van der Waals surface area contributed by atoms with Crippen LogP contribution in [0.25, 0.3) is 0 Å². The number of rotatable bonds is 1. The van der Waals surface area contributed by atoms with Crippen LogP contribution in [-0.4, -0.2) is 19.9 Å². The molecule has 0 aliphatic rings. The first kappa shape index (κ1) is 7.08. The van der Waals surface area contributed by atoms with Gasteiger partial charge in [-0.1, -0.05) is 16.8 Å². The van der Waals surface area contributed by atoms with Crippen LogP contribution in [0.4, 0.5) is 0 Å². The first-order valence-electron chi connectivity index (χ1n) is 2.60. The van der Waals surface area contributed by atoms with E-state index >= 15 is 0 Å². The average Bonchev–Trinajstić information content (AvgIpc) is 2.34. The van der Waals surface area contributed by atoms with E-state index in [0.717, 1.165) is 0 Å². The van der Waals surface area contributed by atoms with Gasteiger partial charge in [-0.15, -0.1) is 0 Å². The van der Waals surface area contributed by atoms with Crippen molar-refractivity contribution in [3.63, 3.8) is 0 Å². The van der Waals surface area contributed by atoms with Crippen LogP contribution in [0.15, 0.2) is 17.7 Å². The van der Waals surface area contributed by atoms with Crippen LogP contribution in [0.5, 0.6) is 0 Å². The molecule has 0 aliphatic carbocycles. The van der Waals surface area contributed by atoms with Gasteiger partial charge >= 0.3 is 0 Å². The Bertz CT molecular complexity index is 255. The van der Waals surface area contributed by atoms with Gasteiger partial charge in [-0.2, -0.15) is 0 Å². The molecule has 1 rings (SSSR count). The first-order chi connectivity index (χ1) is 4.75. The van der Waals surface area contributed by atoms with Crippen molar-refractivity contribution in [3.05, 3.63) is 18.2 Å². The minimum absolute atomic E-state index is 0.0417. The standard InChI is InChI=1S/C5H6ClN3O/c1-9-3-7-2-4(9)5(6)8-10/h2-3,10H,1H3. The fourth-order valence-corrected chi connectivity index (χ4v) is 0.789. The third kappa shape index (κ3) is 1.11. The number of aromatic nitrogens is 2. The van der Waals surface area contributed by atoms with Gasteiger partial charge in [-0.3, -0.25) is 0 Å². The largest absolute Gasteiger partial charge is 0.410 e. The van der Waals surface area contributed by atoms with E-state index in [4.69, 9.17) is 16.8 Å². The molecular weight excluding hydrogens is 154 g/mol. The lowest BCUT2D eigenvalue weighted by Gasteiger charge is -1.94. The quantitative estimate of drug-likeness (QED) is 0.374. The summed E-state index contributed by atoms with van der Waals surface area (Å²) in [6.07, 6.45) is 3.09. The Morgan fingerprint density at radius 1 is 1.90 bits per heavy atom. The highest BCUT2D eigenvalue weighted by atomic mass is 35.5. The van der Waals surface area contributed by atoms with Gasteiger partial charge in [-0.05, 0) is 0 Å². The molecule has 5 heteroatoms. The zero-order valence-corrected chi connectivity index (χ0v) is 6.08. The van der Waals surface area contributed by atoms with Gasteiger partial charge in [0.15, 0.2) is 5.17 Å². The number of imidazole rings is 1. The molecule has 1 N–H and O–H groups in total. The maximum atomic E-state index is 8.25. The minimum Gasteiger partial charge on any atom is -0.410 e. The number of halogens is 1. The molecular formula is C5H6ClN3O. The maximum Gasteiger partial charge on any atom is 0.193 e. The fraction of sp³-hybridized carbons (Fsp3) is 0.200. The van der Waals surface area contributed by atoms with Crippen LogP contribution in [-0.2, 0) is 7.05 Å². The average molecular weight is 160 g/mol. The van der Waals surface area contributed by atoms with Crippen molar-refractivity contribution in [2.75, 3.05) is 0 Å². The van der Waals surface area contributed by atoms with Crippen LogP contribution < -0.4 is 0 Å². The summed E-state index contributed by atoms with van der Waals surface area (Å²) in [5, 5.41) is 11.1. The predicted molar refractivity (Wildman–Crippen MR) is 37.4 cm³/mol. The molecule has 54 valence electrons. The number of hydrogen-bond acceptors (Lipinski definition) is 3. The number of oxime groups is 1. The van der Waals surface area contributed by atoms with Crippen LogP contribution in [0.1, 0.15) is 5.69 Å². The van der Waals surface area contributed by atoms with Crippen molar-refractivity contribution in [1.29, 1.82) is 0 Å². The molecule has 0 fully saturated rings. The third-order valence-corrected chi connectivity index (χ3v) is 1.39. The minimum atomic E-state index is 0.0417. The second-order valence-corrected chi connectivity index (χ2v) is 2.14. The molecule has 1 heterocycles. The van der Waals surface area contributed by atoms with Gasteiger partial charge in [0.2, 0.25) is 0 Å². The Morgan fingerprint density at radius 2 is 2.60 bits per heavy atom. The molecule has 0 aromatic carbocycles. The molecule has 1 aromatic heterocycles. The van der Waals surface area contributed by atoms with Crippen LogP contribution in [0.2, 0.25) is 0 Å². The molecule has 0 bridgehead atoms. The van der Waals surface area contributed by atoms with Gasteiger partial charge in [0.05, 0.1) is 12.5 Å². The normalized spacial score (nSPS) is 12.0. The van der Waals surface area contributed by atoms with Gasteiger partial charge < -0.3 is 9.77 Å². The molecule has 0 unspecified atom stereocenters. The molecule has 10 heavy (non-hydrogen) atoms. The van der Waals surface area contributed by atoms with E-state index in [1.54, 1.807) is 17.9 Å². The number of nitrogens with zero attached hydrogens (tertiary/aromatic N) is 3. The Morgan fingerprint density at radius 3 is 3.00 bits per heavy atom. The van der Waals surface area contributed by atoms with Crippen molar-refractivity contribution in [3.8, 4) is 0 Å². The van der Waals surface area contributed by atoms with E-state index < -0.39 is 0 Å². The smallest absolute Gasteiger partial charge is 0.193 e. The van der Waals surface area contributed by atoms with E-state index in [2.05, 4.69) is 10.1 Å². The second kappa shape index (κ2) is 2.70. The summed E-state index contributed by atoms with van der Waals surface area (Å²) < 4.78 is 1.65. The molecule has 0 radical (unpaired) electrons. The molecule has 1 aromatic rings. The zero-order chi connectivity index (χ0) is 7.56. The van der Waals surface area contributed by atoms with Crippen LogP contribution in [0, 0.1) is 0 Å². The Balaban J connectivity index is 3.05. The molecule has 0 amide bonds. The highest BCUT2D eigenvalue weighted by Crippen LogP contribution is 2.01. The zero-order valence-electron chi connectivity index (χ0n) is 5.32. The van der Waals surface area contributed by atoms with Crippen LogP contribution >= 0.6 is 11.6 Å². The summed E-state index contributed by atoms with van der Waals surface area (Å²) in [5.74, 6) is 0. The molecule has 4 nitrogen and oxygen atoms in total. The van der Waals surface area contributed by atoms with Crippen molar-refractivity contribution in [1.82, 2.24) is 9.55 Å². The Hall–Kier alpha value is -1.03. The summed E-state index contributed by atoms with van der Waals surface area (Å²) in [7, 11) is 1.76. The van der Waals surface area contributed by atoms with Gasteiger partial charge in [0, 0.05) is 7.05 Å². The van der Waals surface area contributed by atoms with E-state index in [9.17, 15) is 0 Å². The van der Waals surface area contributed by atoms with Crippen molar-refractivity contribution >= 4 is 16.8 Å². The number of aryl methyl sites for hydroxylation is 1. The maximum absolute atomic E-state index is 8.25. The van der Waals surface area contributed by atoms with E-state index in [1.807, 2.05) is 0 Å². The molecule has 0 aliphatic heterocycles. The summed E-state index contributed by atoms with van der Waals surface area (Å²) in [6.45, 7) is 0. The van der Waals surface area contributed by atoms with E-state index in [0.29, 0.717) is 5.69 Å². The fourth-order valence-electron chi connectivity index (χ4n) is 0.607. The van der Waals surface area contributed by atoms with E-state index in [-0.39, 0.29) is 5.17 Å². The van der Waals surface area contributed by atoms with E-state index in [1.165, 1.54) is 6.20 Å². The molecule has 0 saturated carbocycles. The lowest BCUT2D eigenvalue weighted by Crippen LogP contribution is -1.98. The summed E-state index contributed by atoms with van der Waals surface area (Å²) in [4.78, 5) is 3.78. The topological polar surface area (TPSA) is 50.4 Å². The molecule has 0 atom stereocenters. The van der Waals surface area contributed by atoms with Crippen molar-refractivity contribution in [2.24, 2.45) is 12.2 Å². The summed E-state index contributed by atoms with van der Waals surface area (Å²) >= 11 is 5.48. The first-order valence-corrected chi connectivity index (χ1v) is 2.97.